The summed E-state index contributed by atoms with van der Waals surface area (Å²) in [4.78, 5) is 27.7. The van der Waals surface area contributed by atoms with Gasteiger partial charge in [-0.2, -0.15) is 8.42 Å². The van der Waals surface area contributed by atoms with Crippen LogP contribution in [0.25, 0.3) is 12.3 Å². The molecule has 1 aromatic heterocycles. The number of amidine groups is 1. The third-order valence-corrected chi connectivity index (χ3v) is 5.73. The molecule has 1 aromatic carbocycles. The molecule has 0 aliphatic carbocycles. The van der Waals surface area contributed by atoms with Crippen LogP contribution in [0.1, 0.15) is 12.5 Å². The number of carbonyl (C=O) groups is 1. The summed E-state index contributed by atoms with van der Waals surface area (Å²) in [7, 11) is -1.36. The van der Waals surface area contributed by atoms with Gasteiger partial charge in [0.1, 0.15) is 32.6 Å². The molecule has 2 aliphatic heterocycles. The summed E-state index contributed by atoms with van der Waals surface area (Å²) in [6.07, 6.45) is 0.132. The second-order valence-corrected chi connectivity index (χ2v) is 8.51. The Morgan fingerprint density at radius 1 is 1.24 bits per heavy atom. The predicted octanol–water partition coefficient (Wildman–Crippen LogP) is -0.0680. The number of nitrogens with zero attached hydrogens (tertiary/aromatic N) is 3. The molecule has 33 heavy (non-hydrogen) atoms. The maximum Gasteiger partial charge on any atom is 0.316 e. The number of halogens is 1. The van der Waals surface area contributed by atoms with Crippen LogP contribution >= 0.6 is 0 Å². The zero-order valence-electron chi connectivity index (χ0n) is 17.7. The fourth-order valence-electron chi connectivity index (χ4n) is 3.31. The summed E-state index contributed by atoms with van der Waals surface area (Å²) in [6, 6.07) is 5.48. The lowest BCUT2D eigenvalue weighted by Gasteiger charge is -2.34. The smallest absolute Gasteiger partial charge is 0.316 e. The van der Waals surface area contributed by atoms with E-state index >= 15 is 0 Å². The van der Waals surface area contributed by atoms with Crippen molar-refractivity contribution in [3.8, 4) is 0 Å². The molecule has 1 N–H and O–H groups in total. The molecular formula is C21H19FN4O6S. The van der Waals surface area contributed by atoms with Crippen molar-refractivity contribution in [1.29, 1.82) is 0 Å². The van der Waals surface area contributed by atoms with Crippen molar-refractivity contribution in [2.24, 2.45) is 15.4 Å². The SMILES string of the molecule is C=c1ncc(=S(=O)=O)c(=C2N=C(C3OCC(C)(C(=O)OC)CO3)N=C2c2ccc(F)cc2)[nH]1. The van der Waals surface area contributed by atoms with E-state index in [4.69, 9.17) is 14.2 Å². The summed E-state index contributed by atoms with van der Waals surface area (Å²) >= 11 is 0. The van der Waals surface area contributed by atoms with E-state index in [0.717, 1.165) is 6.20 Å². The summed E-state index contributed by atoms with van der Waals surface area (Å²) in [5, 5.41) is 0.108. The number of aromatic amines is 1. The molecule has 0 spiro atoms. The van der Waals surface area contributed by atoms with Gasteiger partial charge in [0.15, 0.2) is 5.84 Å². The highest BCUT2D eigenvalue weighted by Gasteiger charge is 2.42. The van der Waals surface area contributed by atoms with Crippen LogP contribution in [0.4, 0.5) is 4.39 Å². The number of hydrogen-bond acceptors (Lipinski definition) is 9. The first kappa shape index (κ1) is 22.7. The second kappa shape index (κ2) is 8.81. The number of aliphatic imine (C=N–C) groups is 2. The van der Waals surface area contributed by atoms with Crippen molar-refractivity contribution in [2.45, 2.75) is 13.2 Å². The average Bonchev–Trinajstić information content (AvgIpc) is 3.24. The molecule has 2 aliphatic rings. The Hall–Kier alpha value is -3.48. The van der Waals surface area contributed by atoms with Gasteiger partial charge in [0, 0.05) is 5.56 Å². The van der Waals surface area contributed by atoms with E-state index in [9.17, 15) is 17.6 Å². The number of ether oxygens (including phenoxy) is 3. The molecule has 172 valence electrons. The summed E-state index contributed by atoms with van der Waals surface area (Å²) < 4.78 is 53.1. The van der Waals surface area contributed by atoms with Crippen LogP contribution in [0.2, 0.25) is 0 Å². The largest absolute Gasteiger partial charge is 0.468 e. The molecule has 1 fully saturated rings. The normalized spacial score (nSPS) is 24.2. The Morgan fingerprint density at radius 2 is 1.91 bits per heavy atom. The number of H-pyrrole nitrogens is 1. The highest BCUT2D eigenvalue weighted by molar-refractivity contribution is 7.63. The third-order valence-electron chi connectivity index (χ3n) is 5.06. The highest BCUT2D eigenvalue weighted by atomic mass is 32.2. The van der Waals surface area contributed by atoms with Gasteiger partial charge in [0.2, 0.25) is 16.6 Å². The molecule has 10 nitrogen and oxygen atoms in total. The van der Waals surface area contributed by atoms with Gasteiger partial charge in [0.25, 0.3) is 0 Å². The number of methoxy groups -OCH3 is 1. The van der Waals surface area contributed by atoms with Gasteiger partial charge in [-0.3, -0.25) is 4.79 Å². The van der Waals surface area contributed by atoms with Crippen molar-refractivity contribution in [1.82, 2.24) is 9.97 Å². The van der Waals surface area contributed by atoms with Crippen LogP contribution in [-0.2, 0) is 29.3 Å². The summed E-state index contributed by atoms with van der Waals surface area (Å²) in [5.41, 5.74) is 0.129. The third kappa shape index (κ3) is 4.40. The fraction of sp³-hybridized carbons (Fsp3) is 0.286. The summed E-state index contributed by atoms with van der Waals surface area (Å²) in [5.74, 6) is -0.818. The molecule has 2 aromatic rings. The number of benzene rings is 1. The first-order valence-corrected chi connectivity index (χ1v) is 10.8. The lowest BCUT2D eigenvalue weighted by molar-refractivity contribution is -0.207. The van der Waals surface area contributed by atoms with Crippen LogP contribution in [0.15, 0.2) is 40.4 Å². The summed E-state index contributed by atoms with van der Waals surface area (Å²) in [6.45, 7) is 5.35. The lowest BCUT2D eigenvalue weighted by Crippen LogP contribution is -2.47. The first-order valence-electron chi connectivity index (χ1n) is 9.68. The minimum atomic E-state index is -2.64. The van der Waals surface area contributed by atoms with E-state index in [2.05, 4.69) is 26.5 Å². The Labute approximate surface area is 188 Å². The zero-order chi connectivity index (χ0) is 23.8. The van der Waals surface area contributed by atoms with Crippen molar-refractivity contribution < 1.29 is 31.8 Å². The maximum atomic E-state index is 13.5. The molecule has 1 saturated heterocycles. The molecule has 0 radical (unpaired) electrons. The number of hydrogen-bond donors (Lipinski definition) is 1. The lowest BCUT2D eigenvalue weighted by atomic mass is 9.92. The van der Waals surface area contributed by atoms with Gasteiger partial charge in [-0.25, -0.2) is 19.4 Å². The standard InChI is InChI=1S/C21H19FN4O6S/c1-11-23-8-14(33(28)29)16(24-11)17-15(12-4-6-13(22)7-5-12)25-18(26-17)19-31-9-21(2,10-32-19)20(27)30-3/h4-8,19,24H,1,9-10H2,2-3H3. The van der Waals surface area contributed by atoms with Gasteiger partial charge in [-0.15, -0.1) is 0 Å². The minimum Gasteiger partial charge on any atom is -0.468 e. The van der Waals surface area contributed by atoms with E-state index in [1.807, 2.05) is 0 Å². The molecule has 4 rings (SSSR count). The van der Waals surface area contributed by atoms with Gasteiger partial charge >= 0.3 is 5.97 Å². The highest BCUT2D eigenvalue weighted by Crippen LogP contribution is 2.28. The Bertz CT molecular complexity index is 1460. The van der Waals surface area contributed by atoms with Gasteiger partial charge < -0.3 is 19.2 Å². The Kier molecular flexibility index (Phi) is 6.06. The maximum absolute atomic E-state index is 13.5. The fourth-order valence-corrected chi connectivity index (χ4v) is 3.77. The quantitative estimate of drug-likeness (QED) is 0.487. The van der Waals surface area contributed by atoms with Gasteiger partial charge in [-0.1, -0.05) is 6.58 Å². The van der Waals surface area contributed by atoms with Crippen molar-refractivity contribution in [3.63, 3.8) is 0 Å². The average molecular weight is 474 g/mol. The Morgan fingerprint density at radius 3 is 2.52 bits per heavy atom. The van der Waals surface area contributed by atoms with Crippen molar-refractivity contribution >= 4 is 40.1 Å². The van der Waals surface area contributed by atoms with E-state index < -0.39 is 33.8 Å². The number of carbonyl (C=O) groups excluding carboxylic acids is 1. The van der Waals surface area contributed by atoms with E-state index in [0.29, 0.717) is 5.56 Å². The molecule has 0 amide bonds. The minimum absolute atomic E-state index is 0.000329. The molecule has 3 heterocycles. The molecule has 12 heteroatoms. The van der Waals surface area contributed by atoms with Crippen molar-refractivity contribution in [2.75, 3.05) is 20.3 Å². The molecule has 0 atom stereocenters. The predicted molar refractivity (Wildman–Crippen MR) is 115 cm³/mol. The topological polar surface area (TPSA) is 132 Å². The molecule has 0 bridgehead atoms. The van der Waals surface area contributed by atoms with Crippen LogP contribution in [0.3, 0.4) is 0 Å². The zero-order valence-corrected chi connectivity index (χ0v) is 18.5. The van der Waals surface area contributed by atoms with Crippen LogP contribution in [0.5, 0.6) is 0 Å². The van der Waals surface area contributed by atoms with E-state index in [1.54, 1.807) is 6.92 Å². The number of rotatable bonds is 3. The molecule has 0 saturated carbocycles. The number of nitrogens with one attached hydrogen (secondary N) is 1. The molecule has 0 unspecified atom stereocenters. The molecular weight excluding hydrogens is 455 g/mol. The number of esters is 1. The number of aromatic nitrogens is 2. The van der Waals surface area contributed by atoms with E-state index in [-0.39, 0.29) is 45.8 Å². The second-order valence-electron chi connectivity index (χ2n) is 7.60. The first-order chi connectivity index (χ1) is 15.7. The van der Waals surface area contributed by atoms with Gasteiger partial charge in [-0.05, 0) is 31.2 Å². The van der Waals surface area contributed by atoms with Crippen LogP contribution in [0, 0.1) is 15.7 Å². The van der Waals surface area contributed by atoms with E-state index in [1.165, 1.54) is 31.4 Å². The monoisotopic (exact) mass is 474 g/mol. The Balaban J connectivity index is 1.85. The van der Waals surface area contributed by atoms with Crippen molar-refractivity contribution in [3.05, 3.63) is 57.2 Å². The van der Waals surface area contributed by atoms with Crippen LogP contribution < -0.4 is 10.8 Å². The van der Waals surface area contributed by atoms with Gasteiger partial charge in [0.05, 0.1) is 31.9 Å². The van der Waals surface area contributed by atoms with Crippen LogP contribution in [-0.4, -0.2) is 62.5 Å².